The minimum Gasteiger partial charge on any atom is -0.504 e. The Morgan fingerprint density at radius 1 is 0.474 bits per heavy atom. The van der Waals surface area contributed by atoms with Gasteiger partial charge >= 0.3 is 0 Å². The van der Waals surface area contributed by atoms with Crippen LogP contribution in [0.15, 0.2) is 109 Å². The first-order valence-electron chi connectivity index (χ1n) is 32.4. The number of carbonyl (C=O) groups is 3. The number of aliphatic hydroxyl groups is 6. The van der Waals surface area contributed by atoms with E-state index in [4.69, 9.17) is 33.2 Å². The SMILES string of the molecule is CC(=O)NCCc1cc(C)c(OC2OC(C)(C)[C@H](C)[C@@H](O)[C@H]2O)cc1-c1cccc(F)c1.CC(=O)NCCc1ccc(OC2OC(C)(C)[C@H](C)[C@@H](O)[C@H]2O)c(O)c1-c1cccc(F)c1.COc1cc(OC2OC(C)(C)[C@H](C)[C@@H](O)[C@H]2O)cc(-c2cccc(F)c2)c1CCNC(C)=O. The molecule has 97 heavy (non-hydrogen) atoms. The molecule has 10 N–H and O–H groups in total. The van der Waals surface area contributed by atoms with Gasteiger partial charge in [-0.15, -0.1) is 0 Å². The molecule has 0 saturated carbocycles. The Balaban J connectivity index is 0.000000205. The Labute approximate surface area is 565 Å². The third-order valence-corrected chi connectivity index (χ3v) is 18.4. The first kappa shape index (κ1) is 76.5. The van der Waals surface area contributed by atoms with E-state index in [0.29, 0.717) is 89.5 Å². The summed E-state index contributed by atoms with van der Waals surface area (Å²) in [7, 11) is 1.51. The monoisotopic (exact) mass is 1350 g/mol. The van der Waals surface area contributed by atoms with Gasteiger partial charge in [-0.3, -0.25) is 14.4 Å². The van der Waals surface area contributed by atoms with E-state index in [-0.39, 0.29) is 52.8 Å². The van der Waals surface area contributed by atoms with E-state index in [1.165, 1.54) is 76.4 Å². The number of aliphatic hydroxyl groups excluding tert-OH is 6. The summed E-state index contributed by atoms with van der Waals surface area (Å²) >= 11 is 0. The highest BCUT2D eigenvalue weighted by Crippen LogP contribution is 2.45. The van der Waals surface area contributed by atoms with Crippen molar-refractivity contribution < 1.29 is 96.5 Å². The molecular weight excluding hydrogens is 1260 g/mol. The summed E-state index contributed by atoms with van der Waals surface area (Å²) in [6.45, 7) is 23.6. The van der Waals surface area contributed by atoms with Gasteiger partial charge in [-0.2, -0.15) is 0 Å². The van der Waals surface area contributed by atoms with E-state index in [0.717, 1.165) is 22.3 Å². The topological polar surface area (TPSA) is 294 Å². The molecular formula is C74H94F3N3O17. The zero-order valence-corrected chi connectivity index (χ0v) is 57.4. The molecule has 0 radical (unpaired) electrons. The molecule has 528 valence electrons. The van der Waals surface area contributed by atoms with Gasteiger partial charge in [0, 0.05) is 75.4 Å². The van der Waals surface area contributed by atoms with Crippen LogP contribution in [0.2, 0.25) is 0 Å². The van der Waals surface area contributed by atoms with Crippen molar-refractivity contribution in [2.45, 2.75) is 182 Å². The standard InChI is InChI=1S/C25H32FNO6.C25H32FNO5.C24H30FNO6/c1-14-22(29)23(30)24(33-25(14,3)4)32-18-12-20(16-7-6-8-17(26)11-16)19(21(13-18)31-5)9-10-27-15(2)28;1-14-11-18(9-10-27-16(3)28)20(17-7-6-8-19(26)12-17)13-21(14)31-24-23(30)22(29)15(2)25(4,5)32-24;1-13-20(28)22(30)23(32-24(13,3)4)31-18-9-8-15(10-11-26-14(2)27)19(21(18)29)16-6-5-7-17(25)12-16/h6-8,11-14,22-24,29-30H,9-10H2,1-5H3,(H,27,28);6-8,11-13,15,22-24,29-30H,9-10H2,1-5H3,(H,27,28);5-9,12-13,20,22-23,28-30H,10-11H2,1-4H3,(H,26,27)/t14-,22-,23-,24?;15-,22-,23-,24?;13-,20-,22-,23?/m111/s1. The van der Waals surface area contributed by atoms with Crippen LogP contribution in [0, 0.1) is 42.1 Å². The molecule has 0 aromatic heterocycles. The van der Waals surface area contributed by atoms with E-state index in [2.05, 4.69) is 16.0 Å². The number of carbonyl (C=O) groups excluding carboxylic acids is 3. The van der Waals surface area contributed by atoms with Crippen molar-refractivity contribution in [1.29, 1.82) is 0 Å². The molecule has 6 aromatic rings. The summed E-state index contributed by atoms with van der Waals surface area (Å²) in [5.41, 5.74) is 4.45. The molecule has 9 rings (SSSR count). The Morgan fingerprint density at radius 2 is 0.876 bits per heavy atom. The molecule has 3 aliphatic rings. The van der Waals surface area contributed by atoms with Crippen LogP contribution in [0.5, 0.6) is 28.7 Å². The fraction of sp³-hybridized carbons (Fsp3) is 0.473. The second-order valence-corrected chi connectivity index (χ2v) is 26.5. The van der Waals surface area contributed by atoms with Gasteiger partial charge in [0.2, 0.25) is 36.6 Å². The highest BCUT2D eigenvalue weighted by Gasteiger charge is 2.50. The average molecular weight is 1350 g/mol. The number of phenolic OH excluding ortho intramolecular Hbond substituents is 1. The van der Waals surface area contributed by atoms with Crippen molar-refractivity contribution in [2.75, 3.05) is 26.7 Å². The lowest BCUT2D eigenvalue weighted by Gasteiger charge is -2.46. The quantitative estimate of drug-likeness (QED) is 0.0361. The summed E-state index contributed by atoms with van der Waals surface area (Å²) in [4.78, 5) is 33.8. The summed E-state index contributed by atoms with van der Waals surface area (Å²) in [5, 5.41) is 82.2. The van der Waals surface area contributed by atoms with Gasteiger partial charge in [0.15, 0.2) is 11.5 Å². The summed E-state index contributed by atoms with van der Waals surface area (Å²) in [6.07, 6.45) is -8.88. The maximum atomic E-state index is 14.0. The van der Waals surface area contributed by atoms with Crippen molar-refractivity contribution in [2.24, 2.45) is 17.8 Å². The van der Waals surface area contributed by atoms with Crippen LogP contribution in [0.1, 0.15) is 105 Å². The van der Waals surface area contributed by atoms with E-state index in [1.807, 2.05) is 47.6 Å². The van der Waals surface area contributed by atoms with E-state index < -0.39 is 83.9 Å². The van der Waals surface area contributed by atoms with Crippen LogP contribution >= 0.6 is 0 Å². The molecule has 3 amide bonds. The number of halogens is 3. The molecule has 3 aliphatic heterocycles. The normalized spacial score (nSPS) is 24.6. The first-order valence-corrected chi connectivity index (χ1v) is 32.4. The van der Waals surface area contributed by atoms with E-state index in [1.54, 1.807) is 82.3 Å². The number of aryl methyl sites for hydroxylation is 1. The summed E-state index contributed by atoms with van der Waals surface area (Å²) in [6, 6.07) is 28.5. The Kier molecular flexibility index (Phi) is 25.8. The van der Waals surface area contributed by atoms with Gasteiger partial charge in [0.1, 0.15) is 53.0 Å². The lowest BCUT2D eigenvalue weighted by atomic mass is 9.82. The third kappa shape index (κ3) is 19.3. The maximum absolute atomic E-state index is 14.0. The van der Waals surface area contributed by atoms with Crippen LogP contribution in [-0.2, 0) is 47.9 Å². The van der Waals surface area contributed by atoms with Crippen molar-refractivity contribution in [3.05, 3.63) is 149 Å². The molecule has 3 heterocycles. The molecule has 12 atom stereocenters. The number of hydrogen-bond acceptors (Lipinski definition) is 17. The van der Waals surface area contributed by atoms with Gasteiger partial charge in [0.05, 0.1) is 42.2 Å². The van der Waals surface area contributed by atoms with Crippen LogP contribution < -0.4 is 34.9 Å². The molecule has 3 fully saturated rings. The van der Waals surface area contributed by atoms with E-state index >= 15 is 0 Å². The highest BCUT2D eigenvalue weighted by molar-refractivity contribution is 5.78. The second kappa shape index (κ2) is 32.7. The van der Waals surface area contributed by atoms with Gasteiger partial charge in [-0.05, 0) is 167 Å². The molecule has 3 saturated heterocycles. The van der Waals surface area contributed by atoms with Crippen molar-refractivity contribution in [1.82, 2.24) is 16.0 Å². The van der Waals surface area contributed by atoms with Crippen molar-refractivity contribution in [3.8, 4) is 62.1 Å². The van der Waals surface area contributed by atoms with Gasteiger partial charge < -0.3 is 84.9 Å². The second-order valence-electron chi connectivity index (χ2n) is 26.5. The Morgan fingerprint density at radius 3 is 1.32 bits per heavy atom. The number of ether oxygens (including phenoxy) is 7. The lowest BCUT2D eigenvalue weighted by molar-refractivity contribution is -0.285. The first-order chi connectivity index (χ1) is 45.5. The van der Waals surface area contributed by atoms with Crippen LogP contribution in [0.25, 0.3) is 33.4 Å². The van der Waals surface area contributed by atoms with Crippen LogP contribution in [0.3, 0.4) is 0 Å². The maximum Gasteiger partial charge on any atom is 0.229 e. The highest BCUT2D eigenvalue weighted by atomic mass is 19.1. The largest absolute Gasteiger partial charge is 0.504 e. The number of aromatic hydroxyl groups is 1. The van der Waals surface area contributed by atoms with Gasteiger partial charge in [-0.25, -0.2) is 13.2 Å². The fourth-order valence-electron chi connectivity index (χ4n) is 11.7. The minimum absolute atomic E-state index is 0.0224. The van der Waals surface area contributed by atoms with Crippen LogP contribution in [-0.4, -0.2) is 153 Å². The number of rotatable bonds is 19. The van der Waals surface area contributed by atoms with Gasteiger partial charge in [0.25, 0.3) is 0 Å². The minimum atomic E-state index is -1.32. The zero-order chi connectivity index (χ0) is 71.6. The number of methoxy groups -OCH3 is 1. The average Bonchev–Trinajstić information content (AvgIpc) is 0.792. The molecule has 6 aromatic carbocycles. The molecule has 0 bridgehead atoms. The summed E-state index contributed by atoms with van der Waals surface area (Å²) < 4.78 is 83.1. The molecule has 3 unspecified atom stereocenters. The lowest BCUT2D eigenvalue weighted by Crippen LogP contribution is -2.59. The number of amides is 3. The zero-order valence-electron chi connectivity index (χ0n) is 57.4. The number of phenols is 1. The number of benzene rings is 6. The number of nitrogens with one attached hydrogen (secondary N) is 3. The van der Waals surface area contributed by atoms with Crippen molar-refractivity contribution in [3.63, 3.8) is 0 Å². The van der Waals surface area contributed by atoms with Gasteiger partial charge in [-0.1, -0.05) is 69.3 Å². The molecule has 20 nitrogen and oxygen atoms in total. The Bertz CT molecular complexity index is 3640. The predicted molar refractivity (Wildman–Crippen MR) is 358 cm³/mol. The van der Waals surface area contributed by atoms with Crippen LogP contribution in [0.4, 0.5) is 13.2 Å². The third-order valence-electron chi connectivity index (χ3n) is 18.4. The smallest absolute Gasteiger partial charge is 0.229 e. The van der Waals surface area contributed by atoms with E-state index in [9.17, 15) is 63.3 Å². The molecule has 0 spiro atoms. The van der Waals surface area contributed by atoms with Crippen molar-refractivity contribution >= 4 is 17.7 Å². The fourth-order valence-corrected chi connectivity index (χ4v) is 11.7. The molecule has 0 aliphatic carbocycles. The predicted octanol–water partition coefficient (Wildman–Crippen LogP) is 9.15. The molecule has 23 heteroatoms. The Hall–Kier alpha value is -7.84. The summed E-state index contributed by atoms with van der Waals surface area (Å²) in [5.74, 6) is -1.55. The number of hydrogen-bond donors (Lipinski definition) is 10.